The second-order valence-electron chi connectivity index (χ2n) is 6.39. The predicted octanol–water partition coefficient (Wildman–Crippen LogP) is 5.35. The van der Waals surface area contributed by atoms with Crippen LogP contribution in [0.4, 0.5) is 5.69 Å². The fourth-order valence-corrected chi connectivity index (χ4v) is 3.42. The lowest BCUT2D eigenvalue weighted by Gasteiger charge is -2.29. The van der Waals surface area contributed by atoms with Gasteiger partial charge in [-0.05, 0) is 42.0 Å². The van der Waals surface area contributed by atoms with E-state index >= 15 is 0 Å². The van der Waals surface area contributed by atoms with Crippen LogP contribution in [0.2, 0.25) is 0 Å². The third-order valence-corrected chi connectivity index (χ3v) is 4.60. The van der Waals surface area contributed by atoms with Crippen LogP contribution in [0.25, 0.3) is 11.1 Å². The maximum absolute atomic E-state index is 5.54. The van der Waals surface area contributed by atoms with Crippen molar-refractivity contribution in [3.8, 4) is 16.9 Å². The van der Waals surface area contributed by atoms with Crippen LogP contribution in [-0.2, 0) is 0 Å². The van der Waals surface area contributed by atoms with Crippen molar-refractivity contribution < 1.29 is 4.74 Å². The molecule has 0 spiro atoms. The van der Waals surface area contributed by atoms with Crippen molar-refractivity contribution in [2.45, 2.75) is 38.6 Å². The highest BCUT2D eigenvalue weighted by Crippen LogP contribution is 2.33. The fraction of sp³-hybridized carbons (Fsp3) is 0.400. The van der Waals surface area contributed by atoms with Crippen LogP contribution < -0.4 is 10.1 Å². The van der Waals surface area contributed by atoms with E-state index in [0.29, 0.717) is 6.04 Å². The first-order chi connectivity index (χ1) is 10.8. The highest BCUT2D eigenvalue weighted by atomic mass is 16.5. The summed E-state index contributed by atoms with van der Waals surface area (Å²) >= 11 is 0. The highest BCUT2D eigenvalue weighted by Gasteiger charge is 2.19. The van der Waals surface area contributed by atoms with Gasteiger partial charge in [0, 0.05) is 6.04 Å². The van der Waals surface area contributed by atoms with Crippen LogP contribution in [0.15, 0.2) is 48.5 Å². The molecule has 0 amide bonds. The van der Waals surface area contributed by atoms with E-state index in [9.17, 15) is 0 Å². The molecule has 0 aromatic heterocycles. The molecule has 1 aliphatic carbocycles. The summed E-state index contributed by atoms with van der Waals surface area (Å²) in [6.07, 6.45) is 5.18. The second-order valence-corrected chi connectivity index (χ2v) is 6.39. The van der Waals surface area contributed by atoms with Gasteiger partial charge in [0.25, 0.3) is 0 Å². The Morgan fingerprint density at radius 2 is 1.82 bits per heavy atom. The van der Waals surface area contributed by atoms with Gasteiger partial charge in [-0.3, -0.25) is 0 Å². The molecule has 2 nitrogen and oxygen atoms in total. The van der Waals surface area contributed by atoms with Gasteiger partial charge in [0.2, 0.25) is 0 Å². The first kappa shape index (κ1) is 15.0. The van der Waals surface area contributed by atoms with Gasteiger partial charge in [0.15, 0.2) is 0 Å². The number of anilines is 1. The monoisotopic (exact) mass is 295 g/mol. The molecule has 1 N–H and O–H groups in total. The molecule has 0 heterocycles. The Hall–Kier alpha value is -1.96. The van der Waals surface area contributed by atoms with Crippen LogP contribution in [0, 0.1) is 5.92 Å². The molecule has 0 unspecified atom stereocenters. The highest BCUT2D eigenvalue weighted by molar-refractivity contribution is 5.72. The van der Waals surface area contributed by atoms with Crippen LogP contribution in [0.3, 0.4) is 0 Å². The lowest BCUT2D eigenvalue weighted by Crippen LogP contribution is -2.26. The molecule has 2 heteroatoms. The predicted molar refractivity (Wildman–Crippen MR) is 93.5 cm³/mol. The minimum Gasteiger partial charge on any atom is -0.495 e. The smallest absolute Gasteiger partial charge is 0.141 e. The summed E-state index contributed by atoms with van der Waals surface area (Å²) in [5.41, 5.74) is 3.58. The van der Waals surface area contributed by atoms with E-state index in [1.54, 1.807) is 7.11 Å². The summed E-state index contributed by atoms with van der Waals surface area (Å²) in [5, 5.41) is 3.72. The van der Waals surface area contributed by atoms with Crippen LogP contribution in [0.5, 0.6) is 5.75 Å². The Balaban J connectivity index is 1.85. The Labute approximate surface area is 133 Å². The van der Waals surface area contributed by atoms with Crippen molar-refractivity contribution in [2.24, 2.45) is 5.92 Å². The Morgan fingerprint density at radius 1 is 1.00 bits per heavy atom. The number of hydrogen-bond acceptors (Lipinski definition) is 2. The van der Waals surface area contributed by atoms with Crippen molar-refractivity contribution in [3.63, 3.8) is 0 Å². The van der Waals surface area contributed by atoms with Crippen molar-refractivity contribution >= 4 is 5.69 Å². The Morgan fingerprint density at radius 3 is 2.55 bits per heavy atom. The maximum atomic E-state index is 5.54. The van der Waals surface area contributed by atoms with Crippen molar-refractivity contribution in [3.05, 3.63) is 48.5 Å². The number of nitrogens with one attached hydrogen (secondary N) is 1. The number of ether oxygens (including phenoxy) is 1. The van der Waals surface area contributed by atoms with E-state index in [1.165, 1.54) is 36.8 Å². The topological polar surface area (TPSA) is 21.3 Å². The molecule has 0 aliphatic heterocycles. The molecule has 2 aromatic carbocycles. The van der Waals surface area contributed by atoms with Gasteiger partial charge in [-0.15, -0.1) is 0 Å². The molecule has 1 fully saturated rings. The van der Waals surface area contributed by atoms with Crippen LogP contribution >= 0.6 is 0 Å². The van der Waals surface area contributed by atoms with Gasteiger partial charge in [-0.1, -0.05) is 56.2 Å². The molecule has 2 aromatic rings. The number of methoxy groups -OCH3 is 1. The molecule has 116 valence electrons. The zero-order valence-corrected chi connectivity index (χ0v) is 13.5. The standard InChI is InChI=1S/C20H25NO/c1-15-7-6-10-18(13-15)21-19-14-17(11-12-20(19)22-2)16-8-4-3-5-9-16/h3-5,8-9,11-12,14-15,18,21H,6-7,10,13H2,1-2H3/t15-,18-/m0/s1. The minimum atomic E-state index is 0.559. The first-order valence-electron chi connectivity index (χ1n) is 8.26. The van der Waals surface area contributed by atoms with E-state index in [1.807, 2.05) is 0 Å². The SMILES string of the molecule is COc1ccc(-c2ccccc2)cc1N[C@H]1CCC[C@H](C)C1. The largest absolute Gasteiger partial charge is 0.495 e. The van der Waals surface area contributed by atoms with Crippen molar-refractivity contribution in [1.29, 1.82) is 0 Å². The Bertz CT molecular complexity index is 608. The number of benzene rings is 2. The van der Waals surface area contributed by atoms with Gasteiger partial charge < -0.3 is 10.1 Å². The summed E-state index contributed by atoms with van der Waals surface area (Å²) in [6, 6.07) is 17.5. The summed E-state index contributed by atoms with van der Waals surface area (Å²) in [4.78, 5) is 0. The fourth-order valence-electron chi connectivity index (χ4n) is 3.42. The van der Waals surface area contributed by atoms with Crippen LogP contribution in [-0.4, -0.2) is 13.2 Å². The van der Waals surface area contributed by atoms with Gasteiger partial charge in [-0.25, -0.2) is 0 Å². The zero-order chi connectivity index (χ0) is 15.4. The lowest BCUT2D eigenvalue weighted by molar-refractivity contribution is 0.357. The second kappa shape index (κ2) is 6.87. The van der Waals surface area contributed by atoms with Crippen LogP contribution in [0.1, 0.15) is 32.6 Å². The van der Waals surface area contributed by atoms with Crippen molar-refractivity contribution in [2.75, 3.05) is 12.4 Å². The summed E-state index contributed by atoms with van der Waals surface area (Å²) in [7, 11) is 1.74. The molecular formula is C20H25NO. The lowest BCUT2D eigenvalue weighted by atomic mass is 9.87. The van der Waals surface area contributed by atoms with E-state index in [4.69, 9.17) is 4.74 Å². The zero-order valence-electron chi connectivity index (χ0n) is 13.5. The maximum Gasteiger partial charge on any atom is 0.141 e. The Kier molecular flexibility index (Phi) is 4.67. The van der Waals surface area contributed by atoms with Crippen molar-refractivity contribution in [1.82, 2.24) is 0 Å². The molecule has 1 saturated carbocycles. The molecule has 0 bridgehead atoms. The van der Waals surface area contributed by atoms with E-state index in [-0.39, 0.29) is 0 Å². The van der Waals surface area contributed by atoms with Gasteiger partial charge >= 0.3 is 0 Å². The molecule has 3 rings (SSSR count). The van der Waals surface area contributed by atoms with E-state index < -0.39 is 0 Å². The first-order valence-corrected chi connectivity index (χ1v) is 8.26. The third-order valence-electron chi connectivity index (χ3n) is 4.60. The summed E-state index contributed by atoms with van der Waals surface area (Å²) in [5.74, 6) is 1.74. The molecule has 0 radical (unpaired) electrons. The van der Waals surface area contributed by atoms with E-state index in [0.717, 1.165) is 17.4 Å². The van der Waals surface area contributed by atoms with Gasteiger partial charge in [-0.2, -0.15) is 0 Å². The quantitative estimate of drug-likeness (QED) is 0.820. The molecule has 1 aliphatic rings. The van der Waals surface area contributed by atoms with Gasteiger partial charge in [0.1, 0.15) is 5.75 Å². The molecule has 22 heavy (non-hydrogen) atoms. The summed E-state index contributed by atoms with van der Waals surface area (Å²) < 4.78 is 5.54. The third kappa shape index (κ3) is 3.44. The number of rotatable bonds is 4. The van der Waals surface area contributed by atoms with E-state index in [2.05, 4.69) is 60.8 Å². The normalized spacial score (nSPS) is 21.4. The molecule has 2 atom stereocenters. The summed E-state index contributed by atoms with van der Waals surface area (Å²) in [6.45, 7) is 2.35. The molecule has 0 saturated heterocycles. The average molecular weight is 295 g/mol. The molecular weight excluding hydrogens is 270 g/mol. The average Bonchev–Trinajstić information content (AvgIpc) is 2.56. The minimum absolute atomic E-state index is 0.559. The van der Waals surface area contributed by atoms with Gasteiger partial charge in [0.05, 0.1) is 12.8 Å². The number of hydrogen-bond donors (Lipinski definition) is 1.